The van der Waals surface area contributed by atoms with E-state index in [0.717, 1.165) is 31.3 Å². The van der Waals surface area contributed by atoms with E-state index < -0.39 is 0 Å². The van der Waals surface area contributed by atoms with Gasteiger partial charge in [0.2, 0.25) is 0 Å². The molecule has 0 spiro atoms. The van der Waals surface area contributed by atoms with Crippen molar-refractivity contribution >= 4 is 0 Å². The second kappa shape index (κ2) is 2.59. The summed E-state index contributed by atoms with van der Waals surface area (Å²) in [5.41, 5.74) is 0.807. The Morgan fingerprint density at radius 3 is 2.44 bits per heavy atom. The molecule has 0 saturated heterocycles. The highest BCUT2D eigenvalue weighted by Gasteiger charge is 2.08. The van der Waals surface area contributed by atoms with Crippen LogP contribution in [0.2, 0.25) is 0 Å². The number of rotatable bonds is 0. The molecule has 0 aromatic heterocycles. The molecule has 0 unspecified atom stereocenters. The molecule has 0 heterocycles. The summed E-state index contributed by atoms with van der Waals surface area (Å²) in [6.45, 7) is 0. The van der Waals surface area contributed by atoms with Crippen LogP contribution in [0.1, 0.15) is 25.7 Å². The van der Waals surface area contributed by atoms with Crippen LogP contribution in [0.15, 0.2) is 11.3 Å². The van der Waals surface area contributed by atoms with Crippen LogP contribution >= 0.6 is 0 Å². The van der Waals surface area contributed by atoms with E-state index in [-0.39, 0.29) is 0 Å². The maximum absolute atomic E-state index is 9.11. The summed E-state index contributed by atoms with van der Waals surface area (Å²) in [5.74, 6) is 2.92. The van der Waals surface area contributed by atoms with Gasteiger partial charge >= 0.3 is 0 Å². The third-order valence-corrected chi connectivity index (χ3v) is 1.61. The Morgan fingerprint density at radius 2 is 2.00 bits per heavy atom. The van der Waals surface area contributed by atoms with E-state index in [1.807, 2.05) is 0 Å². The minimum atomic E-state index is 0.434. The first-order chi connectivity index (χ1) is 4.34. The standard InChI is InChI=1S/C8H10O/c1-2-7-5-3-4-6-8(7)9/h1,9H,3-6H2. The van der Waals surface area contributed by atoms with Crippen molar-refractivity contribution < 1.29 is 5.11 Å². The Labute approximate surface area is 55.4 Å². The van der Waals surface area contributed by atoms with Gasteiger partial charge in [-0.05, 0) is 19.3 Å². The SMILES string of the molecule is C#CC1=C(O)CCCC1. The maximum atomic E-state index is 9.11. The fourth-order valence-electron chi connectivity index (χ4n) is 1.04. The highest BCUT2D eigenvalue weighted by molar-refractivity contribution is 5.29. The van der Waals surface area contributed by atoms with Crippen molar-refractivity contribution in [2.24, 2.45) is 0 Å². The highest BCUT2D eigenvalue weighted by atomic mass is 16.3. The second-order valence-electron chi connectivity index (χ2n) is 2.28. The van der Waals surface area contributed by atoms with Crippen LogP contribution in [-0.2, 0) is 0 Å². The molecule has 0 aromatic carbocycles. The van der Waals surface area contributed by atoms with Gasteiger partial charge in [-0.3, -0.25) is 0 Å². The largest absolute Gasteiger partial charge is 0.511 e. The quantitative estimate of drug-likeness (QED) is 0.487. The van der Waals surface area contributed by atoms with Crippen molar-refractivity contribution in [1.82, 2.24) is 0 Å². The second-order valence-corrected chi connectivity index (χ2v) is 2.28. The van der Waals surface area contributed by atoms with Gasteiger partial charge in [0.25, 0.3) is 0 Å². The monoisotopic (exact) mass is 122 g/mol. The van der Waals surface area contributed by atoms with Crippen molar-refractivity contribution in [2.45, 2.75) is 25.7 Å². The third-order valence-electron chi connectivity index (χ3n) is 1.61. The Bertz CT molecular complexity index is 171. The number of terminal acetylenes is 1. The lowest BCUT2D eigenvalue weighted by Crippen LogP contribution is -1.96. The van der Waals surface area contributed by atoms with Gasteiger partial charge in [0.15, 0.2) is 0 Å². The molecule has 0 saturated carbocycles. The zero-order valence-electron chi connectivity index (χ0n) is 5.35. The van der Waals surface area contributed by atoms with Gasteiger partial charge in [-0.1, -0.05) is 5.92 Å². The average Bonchev–Trinajstić information content (AvgIpc) is 1.89. The lowest BCUT2D eigenvalue weighted by Gasteiger charge is -2.10. The molecule has 48 valence electrons. The molecule has 1 aliphatic rings. The molecule has 0 amide bonds. The number of aliphatic hydroxyl groups is 1. The van der Waals surface area contributed by atoms with E-state index in [1.54, 1.807) is 0 Å². The van der Waals surface area contributed by atoms with Crippen LogP contribution in [0.25, 0.3) is 0 Å². The number of hydrogen-bond acceptors (Lipinski definition) is 1. The molecule has 0 aromatic rings. The Hall–Kier alpha value is -0.900. The molecule has 1 rings (SSSR count). The van der Waals surface area contributed by atoms with Gasteiger partial charge in [-0.2, -0.15) is 0 Å². The molecule has 0 atom stereocenters. The van der Waals surface area contributed by atoms with E-state index in [0.29, 0.717) is 5.76 Å². The predicted octanol–water partition coefficient (Wildman–Crippen LogP) is 2.01. The highest BCUT2D eigenvalue weighted by Crippen LogP contribution is 2.21. The van der Waals surface area contributed by atoms with E-state index in [1.165, 1.54) is 0 Å². The van der Waals surface area contributed by atoms with Crippen LogP contribution in [-0.4, -0.2) is 5.11 Å². The smallest absolute Gasteiger partial charge is 0.104 e. The number of hydrogen-bond donors (Lipinski definition) is 1. The Morgan fingerprint density at radius 1 is 1.33 bits per heavy atom. The molecule has 1 nitrogen and oxygen atoms in total. The molecule has 9 heavy (non-hydrogen) atoms. The van der Waals surface area contributed by atoms with Gasteiger partial charge < -0.3 is 5.11 Å². The van der Waals surface area contributed by atoms with Crippen LogP contribution in [0.5, 0.6) is 0 Å². The van der Waals surface area contributed by atoms with Crippen LogP contribution in [0.3, 0.4) is 0 Å². The zero-order valence-corrected chi connectivity index (χ0v) is 5.35. The number of aliphatic hydroxyl groups excluding tert-OH is 1. The van der Waals surface area contributed by atoms with Crippen LogP contribution < -0.4 is 0 Å². The fraction of sp³-hybridized carbons (Fsp3) is 0.500. The summed E-state index contributed by atoms with van der Waals surface area (Å²) in [4.78, 5) is 0. The molecular formula is C8H10O. The normalized spacial score (nSPS) is 19.4. The molecular weight excluding hydrogens is 112 g/mol. The summed E-state index contributed by atoms with van der Waals surface area (Å²) in [6, 6.07) is 0. The Balaban J connectivity index is 2.74. The first-order valence-corrected chi connectivity index (χ1v) is 3.22. The minimum absolute atomic E-state index is 0.434. The molecule has 0 radical (unpaired) electrons. The van der Waals surface area contributed by atoms with Crippen molar-refractivity contribution in [1.29, 1.82) is 0 Å². The lowest BCUT2D eigenvalue weighted by atomic mass is 9.99. The predicted molar refractivity (Wildman–Crippen MR) is 37.0 cm³/mol. The van der Waals surface area contributed by atoms with E-state index in [4.69, 9.17) is 11.5 Å². The lowest BCUT2D eigenvalue weighted by molar-refractivity contribution is 0.363. The summed E-state index contributed by atoms with van der Waals surface area (Å²) >= 11 is 0. The van der Waals surface area contributed by atoms with Gasteiger partial charge in [0.05, 0.1) is 0 Å². The Kier molecular flexibility index (Phi) is 1.79. The van der Waals surface area contributed by atoms with Crippen LogP contribution in [0, 0.1) is 12.3 Å². The molecule has 0 aliphatic heterocycles. The first kappa shape index (κ1) is 6.22. The van der Waals surface area contributed by atoms with Gasteiger partial charge in [-0.15, -0.1) is 6.42 Å². The summed E-state index contributed by atoms with van der Waals surface area (Å²) in [6.07, 6.45) is 9.00. The summed E-state index contributed by atoms with van der Waals surface area (Å²) in [7, 11) is 0. The first-order valence-electron chi connectivity index (χ1n) is 3.22. The van der Waals surface area contributed by atoms with Crippen molar-refractivity contribution in [3.05, 3.63) is 11.3 Å². The molecule has 1 N–H and O–H groups in total. The fourth-order valence-corrected chi connectivity index (χ4v) is 1.04. The van der Waals surface area contributed by atoms with E-state index in [2.05, 4.69) is 5.92 Å². The third kappa shape index (κ3) is 1.26. The van der Waals surface area contributed by atoms with E-state index in [9.17, 15) is 0 Å². The van der Waals surface area contributed by atoms with Crippen molar-refractivity contribution in [3.63, 3.8) is 0 Å². The summed E-state index contributed by atoms with van der Waals surface area (Å²) in [5, 5.41) is 9.11. The zero-order chi connectivity index (χ0) is 6.69. The van der Waals surface area contributed by atoms with E-state index >= 15 is 0 Å². The molecule has 1 heteroatoms. The van der Waals surface area contributed by atoms with Crippen molar-refractivity contribution in [2.75, 3.05) is 0 Å². The maximum Gasteiger partial charge on any atom is 0.104 e. The topological polar surface area (TPSA) is 20.2 Å². The summed E-state index contributed by atoms with van der Waals surface area (Å²) < 4.78 is 0. The molecule has 0 fully saturated rings. The molecule has 1 aliphatic carbocycles. The van der Waals surface area contributed by atoms with Gasteiger partial charge in [0, 0.05) is 12.0 Å². The van der Waals surface area contributed by atoms with Gasteiger partial charge in [0.1, 0.15) is 5.76 Å². The average molecular weight is 122 g/mol. The minimum Gasteiger partial charge on any atom is -0.511 e. The van der Waals surface area contributed by atoms with Crippen molar-refractivity contribution in [3.8, 4) is 12.3 Å². The van der Waals surface area contributed by atoms with Gasteiger partial charge in [-0.25, -0.2) is 0 Å². The van der Waals surface area contributed by atoms with Crippen LogP contribution in [0.4, 0.5) is 0 Å². The number of allylic oxidation sites excluding steroid dienone is 2. The molecule has 0 bridgehead atoms.